The van der Waals surface area contributed by atoms with Crippen molar-refractivity contribution in [1.82, 2.24) is 10.2 Å². The Morgan fingerprint density at radius 1 is 1.26 bits per heavy atom. The molecule has 0 saturated heterocycles. The molecule has 3 N–H and O–H groups in total. The molecule has 0 bridgehead atoms. The van der Waals surface area contributed by atoms with Gasteiger partial charge in [-0.25, -0.2) is 0 Å². The fourth-order valence-corrected chi connectivity index (χ4v) is 2.67. The molecule has 0 atom stereocenters. The van der Waals surface area contributed by atoms with E-state index in [1.165, 1.54) is 11.8 Å². The molecule has 0 unspecified atom stereocenters. The molecule has 0 aliphatic rings. The van der Waals surface area contributed by atoms with Crippen molar-refractivity contribution in [3.8, 4) is 0 Å². The zero-order valence-electron chi connectivity index (χ0n) is 9.91. The lowest BCUT2D eigenvalue weighted by Gasteiger charge is -2.01. The third-order valence-electron chi connectivity index (χ3n) is 2.21. The molecular formula is C11H12Cl3N3OS. The van der Waals surface area contributed by atoms with Gasteiger partial charge in [0.05, 0.1) is 13.0 Å². The SMILES string of the molecule is [Cl-].[NH3+]CCc1nnc(SCc2ccc(Cl)cc2Cl)o1. The number of thioether (sulfide) groups is 1. The molecule has 104 valence electrons. The molecule has 0 amide bonds. The standard InChI is InChI=1S/C11H11Cl2N3OS.ClH/c12-8-2-1-7(9(13)5-8)6-18-11-16-15-10(17-11)3-4-14;/h1-2,5H,3-4,6,14H2;1H. The normalized spacial score (nSPS) is 10.3. The van der Waals surface area contributed by atoms with Gasteiger partial charge in [-0.1, -0.05) is 41.0 Å². The highest BCUT2D eigenvalue weighted by Gasteiger charge is 2.08. The number of aromatic nitrogens is 2. The first kappa shape index (κ1) is 16.6. The molecule has 0 aliphatic carbocycles. The van der Waals surface area contributed by atoms with Gasteiger partial charge in [0.15, 0.2) is 0 Å². The van der Waals surface area contributed by atoms with Crippen LogP contribution in [-0.2, 0) is 12.2 Å². The van der Waals surface area contributed by atoms with Crippen LogP contribution in [0.15, 0.2) is 27.8 Å². The Morgan fingerprint density at radius 2 is 2.05 bits per heavy atom. The molecule has 1 aromatic carbocycles. The van der Waals surface area contributed by atoms with Crippen molar-refractivity contribution in [2.24, 2.45) is 0 Å². The summed E-state index contributed by atoms with van der Waals surface area (Å²) in [5.41, 5.74) is 4.73. The summed E-state index contributed by atoms with van der Waals surface area (Å²) in [6, 6.07) is 5.43. The summed E-state index contributed by atoms with van der Waals surface area (Å²) in [7, 11) is 0. The second kappa shape index (κ2) is 7.97. The van der Waals surface area contributed by atoms with Crippen LogP contribution in [0.2, 0.25) is 10.0 Å². The number of hydrogen-bond acceptors (Lipinski definition) is 4. The second-order valence-corrected chi connectivity index (χ2v) is 5.36. The van der Waals surface area contributed by atoms with E-state index in [2.05, 4.69) is 15.9 Å². The number of hydrogen-bond donors (Lipinski definition) is 1. The molecular weight excluding hydrogens is 329 g/mol. The molecule has 0 saturated carbocycles. The predicted molar refractivity (Wildman–Crippen MR) is 71.8 cm³/mol. The molecule has 4 nitrogen and oxygen atoms in total. The summed E-state index contributed by atoms with van der Waals surface area (Å²) in [5.74, 6) is 1.29. The maximum absolute atomic E-state index is 6.08. The minimum Gasteiger partial charge on any atom is -1.00 e. The lowest BCUT2D eigenvalue weighted by atomic mass is 10.2. The van der Waals surface area contributed by atoms with Crippen LogP contribution in [0.5, 0.6) is 0 Å². The van der Waals surface area contributed by atoms with Crippen LogP contribution in [0.4, 0.5) is 0 Å². The van der Waals surface area contributed by atoms with Crippen molar-refractivity contribution >= 4 is 35.0 Å². The third kappa shape index (κ3) is 4.85. The summed E-state index contributed by atoms with van der Waals surface area (Å²) in [5, 5.41) is 9.69. The maximum atomic E-state index is 6.08. The van der Waals surface area contributed by atoms with Gasteiger partial charge in [0, 0.05) is 15.8 Å². The number of rotatable bonds is 5. The zero-order valence-corrected chi connectivity index (χ0v) is 13.0. The first-order valence-electron chi connectivity index (χ1n) is 5.37. The Hall–Kier alpha value is -0.460. The van der Waals surface area contributed by atoms with Crippen LogP contribution >= 0.6 is 35.0 Å². The Morgan fingerprint density at radius 3 is 2.74 bits per heavy atom. The number of halogens is 3. The lowest BCUT2D eigenvalue weighted by Crippen LogP contribution is -3.00. The fraction of sp³-hybridized carbons (Fsp3) is 0.273. The molecule has 1 aromatic heterocycles. The minimum absolute atomic E-state index is 0. The van der Waals surface area contributed by atoms with Crippen molar-refractivity contribution in [2.75, 3.05) is 6.54 Å². The van der Waals surface area contributed by atoms with Crippen LogP contribution in [0.25, 0.3) is 0 Å². The van der Waals surface area contributed by atoms with E-state index in [-0.39, 0.29) is 12.4 Å². The average molecular weight is 341 g/mol. The van der Waals surface area contributed by atoms with E-state index in [1.807, 2.05) is 12.1 Å². The van der Waals surface area contributed by atoms with Crippen molar-refractivity contribution in [3.63, 3.8) is 0 Å². The van der Waals surface area contributed by atoms with Gasteiger partial charge in [0.25, 0.3) is 5.22 Å². The summed E-state index contributed by atoms with van der Waals surface area (Å²) < 4.78 is 5.44. The molecule has 0 radical (unpaired) electrons. The summed E-state index contributed by atoms with van der Waals surface area (Å²) >= 11 is 13.4. The minimum atomic E-state index is 0. The topological polar surface area (TPSA) is 66.6 Å². The molecule has 1 heterocycles. The van der Waals surface area contributed by atoms with Crippen molar-refractivity contribution in [3.05, 3.63) is 39.7 Å². The molecule has 19 heavy (non-hydrogen) atoms. The highest BCUT2D eigenvalue weighted by atomic mass is 35.5. The molecule has 0 fully saturated rings. The highest BCUT2D eigenvalue weighted by molar-refractivity contribution is 7.98. The van der Waals surface area contributed by atoms with Crippen LogP contribution in [0.3, 0.4) is 0 Å². The zero-order chi connectivity index (χ0) is 13.0. The monoisotopic (exact) mass is 339 g/mol. The summed E-state index contributed by atoms with van der Waals surface area (Å²) in [6.45, 7) is 0.745. The highest BCUT2D eigenvalue weighted by Crippen LogP contribution is 2.27. The Bertz CT molecular complexity index is 536. The van der Waals surface area contributed by atoms with E-state index in [0.29, 0.717) is 33.3 Å². The Labute approximate surface area is 131 Å². The van der Waals surface area contributed by atoms with Gasteiger partial charge >= 0.3 is 0 Å². The van der Waals surface area contributed by atoms with Crippen molar-refractivity contribution in [1.29, 1.82) is 0 Å². The van der Waals surface area contributed by atoms with E-state index in [0.717, 1.165) is 12.1 Å². The average Bonchev–Trinajstić information content (AvgIpc) is 2.76. The molecule has 8 heteroatoms. The van der Waals surface area contributed by atoms with E-state index in [4.69, 9.17) is 27.6 Å². The summed E-state index contributed by atoms with van der Waals surface area (Å²) in [6.07, 6.45) is 0.704. The predicted octanol–water partition coefficient (Wildman–Crippen LogP) is -0.543. The number of benzene rings is 1. The smallest absolute Gasteiger partial charge is 0.276 e. The van der Waals surface area contributed by atoms with Crippen LogP contribution in [0, 0.1) is 0 Å². The molecule has 2 aromatic rings. The van der Waals surface area contributed by atoms with Gasteiger partial charge in [-0.15, -0.1) is 10.2 Å². The van der Waals surface area contributed by atoms with Gasteiger partial charge in [0.1, 0.15) is 0 Å². The van der Waals surface area contributed by atoms with Crippen LogP contribution < -0.4 is 18.1 Å². The first-order valence-corrected chi connectivity index (χ1v) is 7.11. The largest absolute Gasteiger partial charge is 1.00 e. The van der Waals surface area contributed by atoms with Crippen molar-refractivity contribution in [2.45, 2.75) is 17.4 Å². The molecule has 2 rings (SSSR count). The lowest BCUT2D eigenvalue weighted by molar-refractivity contribution is -0.367. The Kier molecular flexibility index (Phi) is 6.96. The van der Waals surface area contributed by atoms with E-state index < -0.39 is 0 Å². The third-order valence-corrected chi connectivity index (χ3v) is 3.66. The quantitative estimate of drug-likeness (QED) is 0.742. The fourth-order valence-electron chi connectivity index (χ4n) is 1.33. The van der Waals surface area contributed by atoms with Crippen LogP contribution in [-0.4, -0.2) is 16.7 Å². The Balaban J connectivity index is 0.00000180. The van der Waals surface area contributed by atoms with Gasteiger partial charge in [-0.2, -0.15) is 0 Å². The summed E-state index contributed by atoms with van der Waals surface area (Å²) in [4.78, 5) is 0. The number of nitrogens with zero attached hydrogens (tertiary/aromatic N) is 2. The van der Waals surface area contributed by atoms with E-state index >= 15 is 0 Å². The maximum Gasteiger partial charge on any atom is 0.276 e. The second-order valence-electron chi connectivity index (χ2n) is 3.59. The number of quaternary nitrogens is 1. The molecule has 0 aliphatic heterocycles. The van der Waals surface area contributed by atoms with E-state index in [9.17, 15) is 0 Å². The van der Waals surface area contributed by atoms with Gasteiger partial charge in [-0.3, -0.25) is 0 Å². The first-order chi connectivity index (χ1) is 8.69. The molecule has 0 spiro atoms. The van der Waals surface area contributed by atoms with Crippen LogP contribution in [0.1, 0.15) is 11.5 Å². The van der Waals surface area contributed by atoms with Gasteiger partial charge in [-0.05, 0) is 17.7 Å². The van der Waals surface area contributed by atoms with Gasteiger partial charge in [0.2, 0.25) is 5.89 Å². The van der Waals surface area contributed by atoms with E-state index in [1.54, 1.807) is 6.07 Å². The van der Waals surface area contributed by atoms with Gasteiger partial charge < -0.3 is 22.6 Å². The van der Waals surface area contributed by atoms with Crippen molar-refractivity contribution < 1.29 is 22.6 Å².